The Labute approximate surface area is 127 Å². The van der Waals surface area contributed by atoms with Crippen molar-refractivity contribution >= 4 is 5.91 Å². The number of H-pyrrole nitrogens is 1. The number of hydrogen-bond donors (Lipinski definition) is 2. The van der Waals surface area contributed by atoms with Gasteiger partial charge in [0, 0.05) is 12.0 Å². The fraction of sp³-hybridized carbons (Fsp3) is 0.800. The fourth-order valence-electron chi connectivity index (χ4n) is 2.16. The van der Waals surface area contributed by atoms with Gasteiger partial charge in [0.05, 0.1) is 0 Å². The molecule has 0 aliphatic carbocycles. The SMILES string of the molecule is CCN(CC)CCCC(C)NC(=O)c1n[nH]c(C(C)C)n1. The first-order chi connectivity index (χ1) is 9.97. The zero-order valence-electron chi connectivity index (χ0n) is 13.9. The number of hydrogen-bond acceptors (Lipinski definition) is 4. The first-order valence-corrected chi connectivity index (χ1v) is 7.93. The standard InChI is InChI=1S/C15H29N5O/c1-6-20(7-2)10-8-9-12(5)16-15(21)14-17-13(11(3)4)18-19-14/h11-12H,6-10H2,1-5H3,(H,16,21)(H,17,18,19). The molecule has 0 aliphatic heterocycles. The number of amides is 1. The number of aromatic nitrogens is 3. The van der Waals surface area contributed by atoms with E-state index in [-0.39, 0.29) is 23.7 Å². The van der Waals surface area contributed by atoms with E-state index in [1.807, 2.05) is 20.8 Å². The molecule has 21 heavy (non-hydrogen) atoms. The van der Waals surface area contributed by atoms with Crippen molar-refractivity contribution in [2.75, 3.05) is 19.6 Å². The van der Waals surface area contributed by atoms with Crippen LogP contribution in [0.3, 0.4) is 0 Å². The largest absolute Gasteiger partial charge is 0.347 e. The second-order valence-electron chi connectivity index (χ2n) is 5.74. The lowest BCUT2D eigenvalue weighted by molar-refractivity contribution is 0.0927. The van der Waals surface area contributed by atoms with Gasteiger partial charge in [-0.25, -0.2) is 4.98 Å². The molecule has 6 nitrogen and oxygen atoms in total. The lowest BCUT2D eigenvalue weighted by atomic mass is 10.1. The van der Waals surface area contributed by atoms with Crippen molar-refractivity contribution in [3.05, 3.63) is 11.6 Å². The van der Waals surface area contributed by atoms with E-state index in [2.05, 4.69) is 39.2 Å². The van der Waals surface area contributed by atoms with Crippen LogP contribution in [0.4, 0.5) is 0 Å². The van der Waals surface area contributed by atoms with Crippen LogP contribution in [-0.4, -0.2) is 51.7 Å². The highest BCUT2D eigenvalue weighted by molar-refractivity contribution is 5.90. The first-order valence-electron chi connectivity index (χ1n) is 7.93. The summed E-state index contributed by atoms with van der Waals surface area (Å²) in [7, 11) is 0. The van der Waals surface area contributed by atoms with Crippen LogP contribution in [0.1, 0.15) is 69.8 Å². The molecule has 0 radical (unpaired) electrons. The van der Waals surface area contributed by atoms with E-state index in [0.717, 1.165) is 38.3 Å². The highest BCUT2D eigenvalue weighted by atomic mass is 16.2. The number of carbonyl (C=O) groups excluding carboxylic acids is 1. The Kier molecular flexibility index (Phi) is 7.36. The summed E-state index contributed by atoms with van der Waals surface area (Å²) in [5, 5.41) is 9.73. The highest BCUT2D eigenvalue weighted by Gasteiger charge is 2.16. The predicted molar refractivity (Wildman–Crippen MR) is 84.4 cm³/mol. The smallest absolute Gasteiger partial charge is 0.291 e. The van der Waals surface area contributed by atoms with Crippen LogP contribution >= 0.6 is 0 Å². The Morgan fingerprint density at radius 3 is 2.48 bits per heavy atom. The van der Waals surface area contributed by atoms with E-state index in [1.165, 1.54) is 0 Å². The van der Waals surface area contributed by atoms with Crippen molar-refractivity contribution in [1.29, 1.82) is 0 Å². The van der Waals surface area contributed by atoms with Gasteiger partial charge in [-0.2, -0.15) is 0 Å². The van der Waals surface area contributed by atoms with Crippen molar-refractivity contribution < 1.29 is 4.79 Å². The number of nitrogens with zero attached hydrogens (tertiary/aromatic N) is 3. The number of carbonyl (C=O) groups is 1. The highest BCUT2D eigenvalue weighted by Crippen LogP contribution is 2.08. The number of nitrogens with one attached hydrogen (secondary N) is 2. The van der Waals surface area contributed by atoms with Gasteiger partial charge >= 0.3 is 0 Å². The van der Waals surface area contributed by atoms with Gasteiger partial charge in [-0.05, 0) is 39.4 Å². The Hall–Kier alpha value is -1.43. The van der Waals surface area contributed by atoms with E-state index in [4.69, 9.17) is 0 Å². The average molecular weight is 295 g/mol. The van der Waals surface area contributed by atoms with E-state index in [9.17, 15) is 4.79 Å². The van der Waals surface area contributed by atoms with Crippen molar-refractivity contribution in [2.24, 2.45) is 0 Å². The topological polar surface area (TPSA) is 73.9 Å². The second-order valence-corrected chi connectivity index (χ2v) is 5.74. The first kappa shape index (κ1) is 17.6. The number of rotatable bonds is 9. The molecule has 1 aromatic heterocycles. The number of aromatic amines is 1. The summed E-state index contributed by atoms with van der Waals surface area (Å²) >= 11 is 0. The van der Waals surface area contributed by atoms with Crippen molar-refractivity contribution in [3.63, 3.8) is 0 Å². The zero-order chi connectivity index (χ0) is 15.8. The summed E-state index contributed by atoms with van der Waals surface area (Å²) in [6, 6.07) is 0.133. The summed E-state index contributed by atoms with van der Waals surface area (Å²) in [6.45, 7) is 13.6. The van der Waals surface area contributed by atoms with Crippen LogP contribution < -0.4 is 5.32 Å². The van der Waals surface area contributed by atoms with E-state index >= 15 is 0 Å². The Balaban J connectivity index is 2.36. The van der Waals surface area contributed by atoms with Gasteiger partial charge in [0.2, 0.25) is 5.82 Å². The third kappa shape index (κ3) is 5.83. The Bertz CT molecular complexity index is 425. The lowest BCUT2D eigenvalue weighted by Gasteiger charge is -2.19. The van der Waals surface area contributed by atoms with Gasteiger partial charge < -0.3 is 10.2 Å². The third-order valence-electron chi connectivity index (χ3n) is 3.64. The maximum atomic E-state index is 12.0. The van der Waals surface area contributed by atoms with Crippen LogP contribution in [0.2, 0.25) is 0 Å². The molecule has 1 rings (SSSR count). The van der Waals surface area contributed by atoms with Crippen LogP contribution in [0.5, 0.6) is 0 Å². The molecule has 0 aromatic carbocycles. The zero-order valence-corrected chi connectivity index (χ0v) is 13.9. The van der Waals surface area contributed by atoms with E-state index in [0.29, 0.717) is 0 Å². The molecule has 0 spiro atoms. The Morgan fingerprint density at radius 1 is 1.29 bits per heavy atom. The predicted octanol–water partition coefficient (Wildman–Crippen LogP) is 2.17. The minimum absolute atomic E-state index is 0.133. The molecule has 0 aliphatic rings. The molecule has 0 bridgehead atoms. The van der Waals surface area contributed by atoms with Gasteiger partial charge in [-0.15, -0.1) is 5.10 Å². The summed E-state index contributed by atoms with van der Waals surface area (Å²) in [4.78, 5) is 18.6. The monoisotopic (exact) mass is 295 g/mol. The van der Waals surface area contributed by atoms with Crippen molar-refractivity contribution in [3.8, 4) is 0 Å². The van der Waals surface area contributed by atoms with Gasteiger partial charge in [0.1, 0.15) is 5.82 Å². The minimum Gasteiger partial charge on any atom is -0.347 e. The van der Waals surface area contributed by atoms with E-state index < -0.39 is 0 Å². The molecule has 0 saturated heterocycles. The summed E-state index contributed by atoms with van der Waals surface area (Å²) in [6.07, 6.45) is 2.04. The van der Waals surface area contributed by atoms with Crippen LogP contribution in [0.25, 0.3) is 0 Å². The van der Waals surface area contributed by atoms with Gasteiger partial charge in [-0.1, -0.05) is 27.7 Å². The van der Waals surface area contributed by atoms with Gasteiger partial charge in [0.25, 0.3) is 5.91 Å². The van der Waals surface area contributed by atoms with Crippen molar-refractivity contribution in [1.82, 2.24) is 25.4 Å². The normalized spacial score (nSPS) is 12.9. The molecule has 1 aromatic rings. The quantitative estimate of drug-likeness (QED) is 0.732. The summed E-state index contributed by atoms with van der Waals surface area (Å²) in [5.74, 6) is 1.02. The molecule has 6 heteroatoms. The Morgan fingerprint density at radius 2 is 1.95 bits per heavy atom. The van der Waals surface area contributed by atoms with Crippen LogP contribution in [-0.2, 0) is 0 Å². The maximum Gasteiger partial charge on any atom is 0.291 e. The van der Waals surface area contributed by atoms with Crippen LogP contribution in [0, 0.1) is 0 Å². The molecule has 1 atom stereocenters. The lowest BCUT2D eigenvalue weighted by Crippen LogP contribution is -2.34. The third-order valence-corrected chi connectivity index (χ3v) is 3.64. The summed E-state index contributed by atoms with van der Waals surface area (Å²) < 4.78 is 0. The molecule has 0 saturated carbocycles. The van der Waals surface area contributed by atoms with Gasteiger partial charge in [0.15, 0.2) is 0 Å². The maximum absolute atomic E-state index is 12.0. The second kappa shape index (κ2) is 8.77. The minimum atomic E-state index is -0.200. The molecule has 1 amide bonds. The van der Waals surface area contributed by atoms with E-state index in [1.54, 1.807) is 0 Å². The average Bonchev–Trinajstić information content (AvgIpc) is 2.93. The fourth-order valence-corrected chi connectivity index (χ4v) is 2.16. The molecule has 1 unspecified atom stereocenters. The summed E-state index contributed by atoms with van der Waals surface area (Å²) in [5.41, 5.74) is 0. The van der Waals surface area contributed by atoms with Gasteiger partial charge in [-0.3, -0.25) is 9.89 Å². The molecule has 120 valence electrons. The molecule has 1 heterocycles. The molecular formula is C15H29N5O. The van der Waals surface area contributed by atoms with Crippen LogP contribution in [0.15, 0.2) is 0 Å². The molecular weight excluding hydrogens is 266 g/mol. The van der Waals surface area contributed by atoms with Crippen molar-refractivity contribution in [2.45, 2.75) is 59.4 Å². The molecule has 0 fully saturated rings. The molecule has 2 N–H and O–H groups in total.